The van der Waals surface area contributed by atoms with Crippen molar-refractivity contribution in [3.8, 4) is 56.5 Å². The van der Waals surface area contributed by atoms with E-state index in [2.05, 4.69) is 161 Å². The van der Waals surface area contributed by atoms with Crippen LogP contribution in [0.25, 0.3) is 94.8 Å². The molecule has 0 N–H and O–H groups in total. The fraction of sp³-hybridized carbons (Fsp3) is 0.0377. The summed E-state index contributed by atoms with van der Waals surface area (Å²) in [5, 5.41) is 3.57. The number of benzene rings is 7. The lowest BCUT2D eigenvalue weighted by Crippen LogP contribution is -2.02. The Kier molecular flexibility index (Phi) is 8.88. The van der Waals surface area contributed by atoms with E-state index in [1.54, 1.807) is 0 Å². The molecule has 0 spiro atoms. The Morgan fingerprint density at radius 1 is 0.483 bits per heavy atom. The average Bonchev–Trinajstić information content (AvgIpc) is 3.83. The van der Waals surface area contributed by atoms with E-state index in [1.165, 1.54) is 21.7 Å². The van der Waals surface area contributed by atoms with Crippen LogP contribution in [0.4, 0.5) is 0 Å². The molecule has 0 fully saturated rings. The van der Waals surface area contributed by atoms with Gasteiger partial charge >= 0.3 is 0 Å². The van der Waals surface area contributed by atoms with Gasteiger partial charge in [0.1, 0.15) is 0 Å². The second kappa shape index (κ2) is 14.8. The summed E-state index contributed by atoms with van der Waals surface area (Å²) in [4.78, 5) is 15.1. The predicted molar refractivity (Wildman–Crippen MR) is 241 cm³/mol. The summed E-state index contributed by atoms with van der Waals surface area (Å²) in [5.74, 6) is 1.91. The molecule has 0 atom stereocenters. The van der Waals surface area contributed by atoms with Crippen LogP contribution in [-0.2, 0) is 0 Å². The zero-order valence-corrected chi connectivity index (χ0v) is 32.3. The maximum Gasteiger partial charge on any atom is 0.164 e. The molecule has 3 aromatic heterocycles. The van der Waals surface area contributed by atoms with Crippen LogP contribution < -0.4 is 0 Å². The van der Waals surface area contributed by atoms with Gasteiger partial charge in [-0.2, -0.15) is 0 Å². The maximum atomic E-state index is 5.09. The Hall–Kier alpha value is -7.63. The number of fused-ring (bicyclic) bond motifs is 5. The van der Waals surface area contributed by atoms with E-state index in [-0.39, 0.29) is 0 Å². The Balaban J connectivity index is 1.30. The molecule has 58 heavy (non-hydrogen) atoms. The molecule has 0 radical (unpaired) electrons. The lowest BCUT2D eigenvalue weighted by atomic mass is 9.97. The highest BCUT2D eigenvalue weighted by molar-refractivity contribution is 6.24. The van der Waals surface area contributed by atoms with Crippen molar-refractivity contribution < 1.29 is 0 Å². The van der Waals surface area contributed by atoms with Crippen molar-refractivity contribution in [3.63, 3.8) is 0 Å². The van der Waals surface area contributed by atoms with Gasteiger partial charge in [0.2, 0.25) is 0 Å². The van der Waals surface area contributed by atoms with Gasteiger partial charge in [0.25, 0.3) is 0 Å². The summed E-state index contributed by atoms with van der Waals surface area (Å²) in [5.41, 5.74) is 13.0. The molecule has 0 unspecified atom stereocenters. The predicted octanol–water partition coefficient (Wildman–Crippen LogP) is 13.6. The van der Waals surface area contributed by atoms with Crippen LogP contribution in [0.2, 0.25) is 0 Å². The minimum absolute atomic E-state index is 0.622. The fourth-order valence-corrected chi connectivity index (χ4v) is 8.20. The van der Waals surface area contributed by atoms with Crippen molar-refractivity contribution in [2.75, 3.05) is 0 Å². The largest absolute Gasteiger partial charge is 0.309 e. The monoisotopic (exact) mass is 745 g/mol. The zero-order chi connectivity index (χ0) is 39.0. The lowest BCUT2D eigenvalue weighted by molar-refractivity contribution is 1.03. The molecule has 5 nitrogen and oxygen atoms in total. The first-order valence-corrected chi connectivity index (χ1v) is 19.7. The van der Waals surface area contributed by atoms with Crippen LogP contribution in [0.15, 0.2) is 200 Å². The normalized spacial score (nSPS) is 12.0. The van der Waals surface area contributed by atoms with Gasteiger partial charge in [-0.3, -0.25) is 0 Å². The molecule has 0 aliphatic rings. The lowest BCUT2D eigenvalue weighted by Gasteiger charge is -2.13. The summed E-state index contributed by atoms with van der Waals surface area (Å²) in [6.45, 7) is 4.05. The Morgan fingerprint density at radius 2 is 1.07 bits per heavy atom. The molecule has 0 aliphatic carbocycles. The summed E-state index contributed by atoms with van der Waals surface area (Å²) in [7, 11) is 0. The third-order valence-electron chi connectivity index (χ3n) is 10.8. The van der Waals surface area contributed by atoms with Crippen molar-refractivity contribution >= 4 is 38.3 Å². The first kappa shape index (κ1) is 34.8. The number of aromatic nitrogens is 5. The van der Waals surface area contributed by atoms with Crippen molar-refractivity contribution in [2.45, 2.75) is 13.8 Å². The molecule has 276 valence electrons. The molecule has 10 rings (SSSR count). The molecule has 10 aromatic rings. The Labute approximate surface area is 337 Å². The molecule has 5 heteroatoms. The third-order valence-corrected chi connectivity index (χ3v) is 10.8. The smallest absolute Gasteiger partial charge is 0.164 e. The minimum atomic E-state index is 0.622. The van der Waals surface area contributed by atoms with Crippen LogP contribution in [0.3, 0.4) is 0 Å². The highest BCUT2D eigenvalue weighted by atomic mass is 15.0. The van der Waals surface area contributed by atoms with Gasteiger partial charge in [-0.25, -0.2) is 15.0 Å². The first-order chi connectivity index (χ1) is 28.7. The molecule has 0 aliphatic heterocycles. The fourth-order valence-electron chi connectivity index (χ4n) is 8.20. The number of nitrogens with zero attached hydrogens (tertiary/aromatic N) is 5. The second-order valence-corrected chi connectivity index (χ2v) is 14.4. The van der Waals surface area contributed by atoms with Crippen LogP contribution in [0, 0.1) is 0 Å². The van der Waals surface area contributed by atoms with Gasteiger partial charge in [0.05, 0.1) is 22.2 Å². The van der Waals surface area contributed by atoms with Gasteiger partial charge < -0.3 is 9.13 Å². The van der Waals surface area contributed by atoms with Gasteiger partial charge in [0.15, 0.2) is 17.5 Å². The van der Waals surface area contributed by atoms with E-state index >= 15 is 0 Å². The van der Waals surface area contributed by atoms with Gasteiger partial charge in [-0.1, -0.05) is 164 Å². The Morgan fingerprint density at radius 3 is 1.78 bits per heavy atom. The van der Waals surface area contributed by atoms with Crippen LogP contribution >= 0.6 is 0 Å². The number of allylic oxidation sites excluding steroid dienone is 4. The van der Waals surface area contributed by atoms with E-state index in [4.69, 9.17) is 15.0 Å². The number of hydrogen-bond donors (Lipinski definition) is 0. The number of rotatable bonds is 8. The summed E-state index contributed by atoms with van der Waals surface area (Å²) >= 11 is 0. The Bertz CT molecular complexity index is 3160. The van der Waals surface area contributed by atoms with Crippen LogP contribution in [0.1, 0.15) is 19.7 Å². The van der Waals surface area contributed by atoms with Crippen molar-refractivity contribution in [3.05, 3.63) is 206 Å². The summed E-state index contributed by atoms with van der Waals surface area (Å²) in [6, 6.07) is 64.4. The zero-order valence-electron chi connectivity index (χ0n) is 32.3. The first-order valence-electron chi connectivity index (χ1n) is 19.7. The van der Waals surface area contributed by atoms with Gasteiger partial charge in [-0.15, -0.1) is 0 Å². The third kappa shape index (κ3) is 6.01. The van der Waals surface area contributed by atoms with Gasteiger partial charge in [-0.05, 0) is 66.9 Å². The van der Waals surface area contributed by atoms with E-state index in [0.29, 0.717) is 17.5 Å². The number of para-hydroxylation sites is 2. The minimum Gasteiger partial charge on any atom is -0.309 e. The molecule has 7 aromatic carbocycles. The molecule has 3 heterocycles. The van der Waals surface area contributed by atoms with Crippen molar-refractivity contribution in [1.82, 2.24) is 24.1 Å². The van der Waals surface area contributed by atoms with Crippen LogP contribution in [-0.4, -0.2) is 24.1 Å². The number of hydrogen-bond acceptors (Lipinski definition) is 3. The molecule has 0 saturated carbocycles. The summed E-state index contributed by atoms with van der Waals surface area (Å²) in [6.07, 6.45) is 6.07. The molecule has 0 amide bonds. The molecular formula is C53H39N5. The average molecular weight is 746 g/mol. The second-order valence-electron chi connectivity index (χ2n) is 14.4. The van der Waals surface area contributed by atoms with E-state index in [1.807, 2.05) is 62.4 Å². The molecular weight excluding hydrogens is 707 g/mol. The van der Waals surface area contributed by atoms with Gasteiger partial charge in [0, 0.05) is 44.2 Å². The molecule has 0 saturated heterocycles. The quantitative estimate of drug-likeness (QED) is 0.146. The van der Waals surface area contributed by atoms with Crippen molar-refractivity contribution in [2.24, 2.45) is 0 Å². The highest BCUT2D eigenvalue weighted by Gasteiger charge is 2.26. The van der Waals surface area contributed by atoms with E-state index in [0.717, 1.165) is 61.4 Å². The molecule has 0 bridgehead atoms. The van der Waals surface area contributed by atoms with E-state index < -0.39 is 0 Å². The maximum absolute atomic E-state index is 5.09. The topological polar surface area (TPSA) is 48.5 Å². The highest BCUT2D eigenvalue weighted by Crippen LogP contribution is 2.48. The van der Waals surface area contributed by atoms with Crippen molar-refractivity contribution in [1.29, 1.82) is 0 Å². The van der Waals surface area contributed by atoms with E-state index in [9.17, 15) is 0 Å². The SMILES string of the molecule is C/C=C\C=C(/C)c1nc(-c2ccccc2)nc(-c2cccc(-n3c4ccccc4c4ccc5c(c(-c6ccccc6)c(-c6ccccc6)n5-c5ccccc5)c43)c2)n1. The summed E-state index contributed by atoms with van der Waals surface area (Å²) < 4.78 is 4.87. The van der Waals surface area contributed by atoms with Crippen LogP contribution in [0.5, 0.6) is 0 Å². The standard InChI is InChI=1S/C53H39N5/c1-3-4-20-36(2)51-54-52(39-25-13-7-14-26-39)56-53(55-51)40-27-19-30-42(35-40)58-45-32-18-17-31-43(45)44-33-34-46-48(50(44)58)47(37-21-9-5-10-22-37)49(38-23-11-6-12-24-38)57(46)41-28-15-8-16-29-41/h3-35H,1-2H3/b4-3-,36-20+.